The summed E-state index contributed by atoms with van der Waals surface area (Å²) in [5, 5.41) is 21.0. The number of alkyl carbamates (subject to hydrolysis) is 1. The molecule has 0 aliphatic heterocycles. The summed E-state index contributed by atoms with van der Waals surface area (Å²) in [4.78, 5) is 44.8. The topological polar surface area (TPSA) is 145 Å². The Morgan fingerprint density at radius 3 is 2.31 bits per heavy atom. The highest BCUT2D eigenvalue weighted by Gasteiger charge is 2.31. The second kappa shape index (κ2) is 10.8. The number of imidazole rings is 1. The Kier molecular flexibility index (Phi) is 7.41. The number of aliphatic carboxylic acids is 1. The van der Waals surface area contributed by atoms with Crippen LogP contribution in [0.4, 0.5) is 4.79 Å². The Labute approximate surface area is 201 Å². The molecule has 0 spiro atoms. The number of aliphatic hydroxyl groups is 1. The summed E-state index contributed by atoms with van der Waals surface area (Å²) in [6.45, 7) is -1.14. The van der Waals surface area contributed by atoms with Gasteiger partial charge in [0.05, 0.1) is 12.9 Å². The highest BCUT2D eigenvalue weighted by Crippen LogP contribution is 2.44. The van der Waals surface area contributed by atoms with Crippen LogP contribution in [0.3, 0.4) is 0 Å². The molecule has 0 radical (unpaired) electrons. The van der Waals surface area contributed by atoms with Crippen molar-refractivity contribution in [3.05, 3.63) is 77.9 Å². The van der Waals surface area contributed by atoms with Crippen LogP contribution in [0, 0.1) is 0 Å². The van der Waals surface area contributed by atoms with Gasteiger partial charge in [-0.25, -0.2) is 9.78 Å². The molecule has 0 unspecified atom stereocenters. The second-order valence-electron chi connectivity index (χ2n) is 8.18. The van der Waals surface area contributed by atoms with Gasteiger partial charge < -0.3 is 30.2 Å². The largest absolute Gasteiger partial charge is 0.480 e. The van der Waals surface area contributed by atoms with E-state index in [-0.39, 0.29) is 25.5 Å². The molecule has 3 aromatic rings. The number of benzene rings is 2. The first-order valence-electron chi connectivity index (χ1n) is 11.2. The smallest absolute Gasteiger partial charge is 0.407 e. The summed E-state index contributed by atoms with van der Waals surface area (Å²) in [6, 6.07) is 14.8. The SMILES string of the molecule is O=C(O)CN(CCO)C(=O)[C@H](Cc1cnc[nH]1)NC(=O)OCC1c2ccccc2-c2ccccc21. The van der Waals surface area contributed by atoms with Crippen molar-refractivity contribution in [3.8, 4) is 11.1 Å². The van der Waals surface area contributed by atoms with Gasteiger partial charge in [0.25, 0.3) is 0 Å². The fourth-order valence-electron chi connectivity index (χ4n) is 4.37. The highest BCUT2D eigenvalue weighted by molar-refractivity contribution is 5.88. The highest BCUT2D eigenvalue weighted by atomic mass is 16.5. The molecule has 182 valence electrons. The molecule has 0 saturated carbocycles. The van der Waals surface area contributed by atoms with Crippen LogP contribution in [-0.2, 0) is 20.7 Å². The fourth-order valence-corrected chi connectivity index (χ4v) is 4.37. The number of aromatic amines is 1. The van der Waals surface area contributed by atoms with Crippen LogP contribution in [0.15, 0.2) is 61.1 Å². The number of fused-ring (bicyclic) bond motifs is 3. The molecule has 2 aromatic carbocycles. The van der Waals surface area contributed by atoms with Gasteiger partial charge in [-0.3, -0.25) is 9.59 Å². The first kappa shape index (κ1) is 24.0. The normalized spacial score (nSPS) is 12.9. The molecule has 0 fully saturated rings. The number of nitrogens with zero attached hydrogens (tertiary/aromatic N) is 2. The number of carbonyl (C=O) groups is 3. The standard InChI is InChI=1S/C25H26N4O6/c30-10-9-29(13-23(31)32)24(33)22(11-16-12-26-15-27-16)28-25(34)35-14-21-19-7-3-1-5-17(19)18-6-2-4-8-20(18)21/h1-8,12,15,21-22,30H,9-11,13-14H2,(H,26,27)(H,28,34)(H,31,32)/t22-/m0/s1. The summed E-state index contributed by atoms with van der Waals surface area (Å²) >= 11 is 0. The van der Waals surface area contributed by atoms with E-state index < -0.39 is 37.2 Å². The number of aromatic nitrogens is 2. The van der Waals surface area contributed by atoms with Gasteiger partial charge in [0.2, 0.25) is 5.91 Å². The monoisotopic (exact) mass is 478 g/mol. The first-order chi connectivity index (χ1) is 17.0. The first-order valence-corrected chi connectivity index (χ1v) is 11.2. The number of hydrogen-bond donors (Lipinski definition) is 4. The molecule has 1 atom stereocenters. The third kappa shape index (κ3) is 5.49. The molecular weight excluding hydrogens is 452 g/mol. The molecule has 10 heteroatoms. The zero-order chi connectivity index (χ0) is 24.8. The lowest BCUT2D eigenvalue weighted by Gasteiger charge is -2.26. The summed E-state index contributed by atoms with van der Waals surface area (Å²) in [7, 11) is 0. The van der Waals surface area contributed by atoms with E-state index in [1.807, 2.05) is 48.5 Å². The van der Waals surface area contributed by atoms with E-state index in [1.54, 1.807) is 0 Å². The summed E-state index contributed by atoms with van der Waals surface area (Å²) < 4.78 is 5.55. The third-order valence-electron chi connectivity index (χ3n) is 5.92. The van der Waals surface area contributed by atoms with E-state index in [4.69, 9.17) is 9.84 Å². The second-order valence-corrected chi connectivity index (χ2v) is 8.18. The number of H-pyrrole nitrogens is 1. The number of carboxylic acids is 1. The maximum atomic E-state index is 13.1. The van der Waals surface area contributed by atoms with Crippen LogP contribution in [0.5, 0.6) is 0 Å². The Bertz CT molecular complexity index is 1150. The summed E-state index contributed by atoms with van der Waals surface area (Å²) in [6.07, 6.45) is 2.19. The van der Waals surface area contributed by atoms with Crippen molar-refractivity contribution >= 4 is 18.0 Å². The van der Waals surface area contributed by atoms with E-state index in [9.17, 15) is 19.5 Å². The minimum atomic E-state index is -1.23. The number of carbonyl (C=O) groups excluding carboxylic acids is 2. The van der Waals surface area contributed by atoms with Gasteiger partial charge in [-0.1, -0.05) is 48.5 Å². The lowest BCUT2D eigenvalue weighted by Crippen LogP contribution is -2.51. The van der Waals surface area contributed by atoms with Gasteiger partial charge in [0.15, 0.2) is 0 Å². The number of amides is 2. The molecule has 0 bridgehead atoms. The van der Waals surface area contributed by atoms with Crippen LogP contribution >= 0.6 is 0 Å². The molecule has 1 aliphatic rings. The average molecular weight is 479 g/mol. The Morgan fingerprint density at radius 1 is 1.09 bits per heavy atom. The third-order valence-corrected chi connectivity index (χ3v) is 5.92. The molecule has 1 heterocycles. The quantitative estimate of drug-likeness (QED) is 0.347. The van der Waals surface area contributed by atoms with Crippen molar-refractivity contribution in [1.82, 2.24) is 20.2 Å². The molecule has 35 heavy (non-hydrogen) atoms. The number of aliphatic hydroxyl groups excluding tert-OH is 1. The van der Waals surface area contributed by atoms with E-state index in [0.29, 0.717) is 5.69 Å². The molecule has 1 aliphatic carbocycles. The molecule has 10 nitrogen and oxygen atoms in total. The number of carboxylic acid groups (broad SMARTS) is 1. The molecule has 0 saturated heterocycles. The van der Waals surface area contributed by atoms with Crippen LogP contribution in [0.25, 0.3) is 11.1 Å². The maximum Gasteiger partial charge on any atom is 0.407 e. The van der Waals surface area contributed by atoms with Gasteiger partial charge >= 0.3 is 12.1 Å². The number of nitrogens with one attached hydrogen (secondary N) is 2. The summed E-state index contributed by atoms with van der Waals surface area (Å²) in [5.41, 5.74) is 4.88. The molecule has 4 rings (SSSR count). The van der Waals surface area contributed by atoms with E-state index in [1.165, 1.54) is 12.5 Å². The maximum absolute atomic E-state index is 13.1. The lowest BCUT2D eigenvalue weighted by atomic mass is 9.98. The van der Waals surface area contributed by atoms with Gasteiger partial charge in [-0.2, -0.15) is 0 Å². The zero-order valence-electron chi connectivity index (χ0n) is 18.9. The summed E-state index contributed by atoms with van der Waals surface area (Å²) in [5.74, 6) is -2.02. The number of ether oxygens (including phenoxy) is 1. The zero-order valence-corrected chi connectivity index (χ0v) is 18.9. The van der Waals surface area contributed by atoms with E-state index in [2.05, 4.69) is 15.3 Å². The van der Waals surface area contributed by atoms with Gasteiger partial charge in [-0.05, 0) is 22.3 Å². The molecule has 2 amide bonds. The molecule has 4 N–H and O–H groups in total. The van der Waals surface area contributed by atoms with Crippen LogP contribution in [0.1, 0.15) is 22.7 Å². The Balaban J connectivity index is 1.47. The molecule has 1 aromatic heterocycles. The average Bonchev–Trinajstić information content (AvgIpc) is 3.47. The van der Waals surface area contributed by atoms with Crippen molar-refractivity contribution in [2.75, 3.05) is 26.3 Å². The minimum absolute atomic E-state index is 0.0462. The molecular formula is C25H26N4O6. The van der Waals surface area contributed by atoms with Crippen molar-refractivity contribution in [2.24, 2.45) is 0 Å². The van der Waals surface area contributed by atoms with Gasteiger partial charge in [-0.15, -0.1) is 0 Å². The van der Waals surface area contributed by atoms with Crippen LogP contribution in [-0.4, -0.2) is 75.4 Å². The number of rotatable bonds is 10. The van der Waals surface area contributed by atoms with Crippen molar-refractivity contribution < 1.29 is 29.3 Å². The fraction of sp³-hybridized carbons (Fsp3) is 0.280. The van der Waals surface area contributed by atoms with Crippen LogP contribution < -0.4 is 5.32 Å². The van der Waals surface area contributed by atoms with E-state index in [0.717, 1.165) is 27.2 Å². The number of hydrogen-bond acceptors (Lipinski definition) is 6. The lowest BCUT2D eigenvalue weighted by molar-refractivity contribution is -0.145. The van der Waals surface area contributed by atoms with Crippen LogP contribution in [0.2, 0.25) is 0 Å². The van der Waals surface area contributed by atoms with Crippen molar-refractivity contribution in [1.29, 1.82) is 0 Å². The predicted octanol–water partition coefficient (Wildman–Crippen LogP) is 1.77. The van der Waals surface area contributed by atoms with E-state index >= 15 is 0 Å². The Hall–Kier alpha value is -4.18. The van der Waals surface area contributed by atoms with Gasteiger partial charge in [0, 0.05) is 30.8 Å². The minimum Gasteiger partial charge on any atom is -0.480 e. The predicted molar refractivity (Wildman–Crippen MR) is 126 cm³/mol. The Morgan fingerprint density at radius 2 is 1.74 bits per heavy atom. The van der Waals surface area contributed by atoms with Crippen molar-refractivity contribution in [2.45, 2.75) is 18.4 Å². The van der Waals surface area contributed by atoms with Crippen molar-refractivity contribution in [3.63, 3.8) is 0 Å². The van der Waals surface area contributed by atoms with Gasteiger partial charge in [0.1, 0.15) is 19.2 Å².